The zero-order valence-corrected chi connectivity index (χ0v) is 12.8. The highest BCUT2D eigenvalue weighted by molar-refractivity contribution is 6.31. The summed E-state index contributed by atoms with van der Waals surface area (Å²) in [5.41, 5.74) is 2.96. The average Bonchev–Trinajstić information content (AvgIpc) is 2.98. The van der Waals surface area contributed by atoms with Crippen molar-refractivity contribution in [2.75, 3.05) is 5.32 Å². The second kappa shape index (κ2) is 5.41. The number of hydrogen-bond donors (Lipinski definition) is 2. The summed E-state index contributed by atoms with van der Waals surface area (Å²) >= 11 is 5.97. The lowest BCUT2D eigenvalue weighted by atomic mass is 10.2. The molecular weight excluding hydrogens is 310 g/mol. The number of aromatic amines is 1. The third kappa shape index (κ3) is 2.64. The Balaban J connectivity index is 1.64. The van der Waals surface area contributed by atoms with Gasteiger partial charge in [0, 0.05) is 33.2 Å². The highest BCUT2D eigenvalue weighted by Gasteiger charge is 2.10. The molecule has 0 fully saturated rings. The van der Waals surface area contributed by atoms with Crippen molar-refractivity contribution < 1.29 is 4.79 Å². The van der Waals surface area contributed by atoms with Crippen molar-refractivity contribution in [1.29, 1.82) is 0 Å². The van der Waals surface area contributed by atoms with Crippen LogP contribution in [-0.2, 0) is 0 Å². The van der Waals surface area contributed by atoms with Crippen LogP contribution >= 0.6 is 11.6 Å². The third-order valence-corrected chi connectivity index (χ3v) is 3.93. The van der Waals surface area contributed by atoms with Crippen molar-refractivity contribution in [2.45, 2.75) is 0 Å². The molecule has 0 radical (unpaired) electrons. The molecule has 23 heavy (non-hydrogen) atoms. The van der Waals surface area contributed by atoms with Gasteiger partial charge in [0.1, 0.15) is 5.69 Å². The summed E-state index contributed by atoms with van der Waals surface area (Å²) in [7, 11) is 0. The van der Waals surface area contributed by atoms with E-state index in [0.29, 0.717) is 10.7 Å². The zero-order chi connectivity index (χ0) is 15.8. The number of nitrogens with zero attached hydrogens (tertiary/aromatic N) is 1. The highest BCUT2D eigenvalue weighted by atomic mass is 35.5. The van der Waals surface area contributed by atoms with E-state index in [1.807, 2.05) is 42.5 Å². The van der Waals surface area contributed by atoms with Crippen LogP contribution in [0.2, 0.25) is 5.02 Å². The Morgan fingerprint density at radius 2 is 1.96 bits per heavy atom. The van der Waals surface area contributed by atoms with Crippen LogP contribution < -0.4 is 5.32 Å². The summed E-state index contributed by atoms with van der Waals surface area (Å²) < 4.78 is 0. The number of hydrogen-bond acceptors (Lipinski definition) is 2. The second-order valence-corrected chi connectivity index (χ2v) is 5.72. The molecule has 4 rings (SSSR count). The number of anilines is 1. The zero-order valence-electron chi connectivity index (χ0n) is 12.0. The fourth-order valence-electron chi connectivity index (χ4n) is 2.57. The molecule has 2 aromatic carbocycles. The first kappa shape index (κ1) is 13.8. The van der Waals surface area contributed by atoms with Gasteiger partial charge >= 0.3 is 0 Å². The Labute approximate surface area is 137 Å². The van der Waals surface area contributed by atoms with E-state index in [1.165, 1.54) is 0 Å². The molecule has 0 aliphatic rings. The minimum Gasteiger partial charge on any atom is -0.350 e. The van der Waals surface area contributed by atoms with Crippen LogP contribution in [0.5, 0.6) is 0 Å². The number of fused-ring (bicyclic) bond motifs is 2. The molecule has 4 aromatic rings. The first-order valence-electron chi connectivity index (χ1n) is 7.13. The van der Waals surface area contributed by atoms with Gasteiger partial charge in [-0.05, 0) is 42.5 Å². The molecule has 0 bridgehead atoms. The van der Waals surface area contributed by atoms with E-state index in [-0.39, 0.29) is 5.91 Å². The summed E-state index contributed by atoms with van der Waals surface area (Å²) in [5, 5.41) is 5.45. The minimum atomic E-state index is -0.194. The highest BCUT2D eigenvalue weighted by Crippen LogP contribution is 2.21. The molecule has 1 amide bonds. The molecule has 0 aliphatic carbocycles. The van der Waals surface area contributed by atoms with Crippen molar-refractivity contribution in [1.82, 2.24) is 9.97 Å². The van der Waals surface area contributed by atoms with Gasteiger partial charge in [-0.15, -0.1) is 0 Å². The molecule has 0 saturated carbocycles. The number of pyridine rings is 1. The van der Waals surface area contributed by atoms with Gasteiger partial charge in [0.2, 0.25) is 0 Å². The van der Waals surface area contributed by atoms with Crippen LogP contribution in [0, 0.1) is 0 Å². The summed E-state index contributed by atoms with van der Waals surface area (Å²) in [5.74, 6) is -0.194. The summed E-state index contributed by atoms with van der Waals surface area (Å²) in [6.45, 7) is 0. The van der Waals surface area contributed by atoms with Crippen LogP contribution in [0.1, 0.15) is 10.5 Å². The van der Waals surface area contributed by atoms with Crippen LogP contribution in [-0.4, -0.2) is 15.9 Å². The van der Waals surface area contributed by atoms with Gasteiger partial charge in [0.15, 0.2) is 0 Å². The van der Waals surface area contributed by atoms with E-state index >= 15 is 0 Å². The smallest absolute Gasteiger partial charge is 0.272 e. The quantitative estimate of drug-likeness (QED) is 0.566. The molecule has 0 unspecified atom stereocenters. The minimum absolute atomic E-state index is 0.194. The topological polar surface area (TPSA) is 57.8 Å². The second-order valence-electron chi connectivity index (χ2n) is 5.28. The van der Waals surface area contributed by atoms with Gasteiger partial charge < -0.3 is 10.3 Å². The number of halogens is 1. The van der Waals surface area contributed by atoms with Gasteiger partial charge in [0.05, 0.1) is 5.52 Å². The van der Waals surface area contributed by atoms with Crippen molar-refractivity contribution in [2.24, 2.45) is 0 Å². The molecule has 112 valence electrons. The molecule has 0 spiro atoms. The number of amides is 1. The molecule has 2 heterocycles. The Hall–Kier alpha value is -2.85. The maximum absolute atomic E-state index is 12.4. The first-order valence-corrected chi connectivity index (χ1v) is 7.51. The number of nitrogens with one attached hydrogen (secondary N) is 2. The predicted octanol–water partition coefficient (Wildman–Crippen LogP) is 4.62. The van der Waals surface area contributed by atoms with E-state index in [2.05, 4.69) is 15.3 Å². The maximum Gasteiger partial charge on any atom is 0.272 e. The SMILES string of the molecule is O=C(Nc1ccc2ncccc2c1)c1cc2ccc(Cl)cc2[nH]1. The Bertz CT molecular complexity index is 1040. The molecule has 2 N–H and O–H groups in total. The van der Waals surface area contributed by atoms with Crippen molar-refractivity contribution in [3.8, 4) is 0 Å². The number of H-pyrrole nitrogens is 1. The Morgan fingerprint density at radius 3 is 2.87 bits per heavy atom. The first-order chi connectivity index (χ1) is 11.2. The van der Waals surface area contributed by atoms with Gasteiger partial charge in [-0.3, -0.25) is 9.78 Å². The summed E-state index contributed by atoms with van der Waals surface area (Å²) in [6.07, 6.45) is 1.75. The van der Waals surface area contributed by atoms with Crippen LogP contribution in [0.4, 0.5) is 5.69 Å². The summed E-state index contributed by atoms with van der Waals surface area (Å²) in [4.78, 5) is 19.8. The predicted molar refractivity (Wildman–Crippen MR) is 93.0 cm³/mol. The van der Waals surface area contributed by atoms with Gasteiger partial charge in [0.25, 0.3) is 5.91 Å². The van der Waals surface area contributed by atoms with Crippen LogP contribution in [0.3, 0.4) is 0 Å². The summed E-state index contributed by atoms with van der Waals surface area (Å²) in [6, 6.07) is 16.8. The van der Waals surface area contributed by atoms with Crippen molar-refractivity contribution >= 4 is 45.0 Å². The monoisotopic (exact) mass is 321 g/mol. The maximum atomic E-state index is 12.4. The van der Waals surface area contributed by atoms with E-state index < -0.39 is 0 Å². The van der Waals surface area contributed by atoms with E-state index in [1.54, 1.807) is 18.3 Å². The van der Waals surface area contributed by atoms with Crippen LogP contribution in [0.25, 0.3) is 21.8 Å². The molecule has 5 heteroatoms. The van der Waals surface area contributed by atoms with Crippen molar-refractivity contribution in [3.05, 3.63) is 71.5 Å². The number of carbonyl (C=O) groups is 1. The average molecular weight is 322 g/mol. The fraction of sp³-hybridized carbons (Fsp3) is 0. The molecule has 0 aliphatic heterocycles. The van der Waals surface area contributed by atoms with Crippen molar-refractivity contribution in [3.63, 3.8) is 0 Å². The lowest BCUT2D eigenvalue weighted by molar-refractivity contribution is 0.102. The Kier molecular flexibility index (Phi) is 3.24. The standard InChI is InChI=1S/C18H12ClN3O/c19-13-4-3-12-9-17(22-16(12)10-13)18(23)21-14-5-6-15-11(8-14)2-1-7-20-15/h1-10,22H,(H,21,23). The number of benzene rings is 2. The van der Waals surface area contributed by atoms with E-state index in [4.69, 9.17) is 11.6 Å². The fourth-order valence-corrected chi connectivity index (χ4v) is 2.75. The van der Waals surface area contributed by atoms with Gasteiger partial charge in [-0.1, -0.05) is 23.7 Å². The number of aromatic nitrogens is 2. The van der Waals surface area contributed by atoms with E-state index in [0.717, 1.165) is 27.5 Å². The molecule has 4 nitrogen and oxygen atoms in total. The Morgan fingerprint density at radius 1 is 1.04 bits per heavy atom. The molecule has 2 aromatic heterocycles. The van der Waals surface area contributed by atoms with Crippen LogP contribution in [0.15, 0.2) is 60.8 Å². The molecule has 0 atom stereocenters. The van der Waals surface area contributed by atoms with Gasteiger partial charge in [-0.2, -0.15) is 0 Å². The third-order valence-electron chi connectivity index (χ3n) is 3.69. The van der Waals surface area contributed by atoms with E-state index in [9.17, 15) is 4.79 Å². The largest absolute Gasteiger partial charge is 0.350 e. The van der Waals surface area contributed by atoms with Gasteiger partial charge in [-0.25, -0.2) is 0 Å². The lowest BCUT2D eigenvalue weighted by Gasteiger charge is -2.05. The number of rotatable bonds is 2. The molecular formula is C18H12ClN3O. The normalized spacial score (nSPS) is 11.0. The molecule has 0 saturated heterocycles. The number of carbonyl (C=O) groups excluding carboxylic acids is 1. The lowest BCUT2D eigenvalue weighted by Crippen LogP contribution is -2.12.